The van der Waals surface area contributed by atoms with Gasteiger partial charge in [-0.1, -0.05) is 242 Å². The molecule has 0 spiro atoms. The summed E-state index contributed by atoms with van der Waals surface area (Å²) in [6.07, 6.45) is 64.8. The van der Waals surface area contributed by atoms with Gasteiger partial charge in [-0.3, -0.25) is 9.59 Å². The van der Waals surface area contributed by atoms with Gasteiger partial charge in [0.1, 0.15) is 0 Å². The lowest BCUT2D eigenvalue weighted by molar-refractivity contribution is -0.114. The van der Waals surface area contributed by atoms with Gasteiger partial charge in [0, 0.05) is 12.2 Å². The largest absolute Gasteiger partial charge is 0.366 e. The summed E-state index contributed by atoms with van der Waals surface area (Å²) >= 11 is 0. The molecule has 0 bridgehead atoms. The van der Waals surface area contributed by atoms with Gasteiger partial charge >= 0.3 is 0 Å². The molecular weight excluding hydrogens is 613 g/mol. The molecule has 4 nitrogen and oxygen atoms in total. The molecule has 0 saturated heterocycles. The molecule has 0 heterocycles. The predicted octanol–water partition coefficient (Wildman–Crippen LogP) is 14.2. The van der Waals surface area contributed by atoms with Crippen LogP contribution in [0.5, 0.6) is 0 Å². The Hall–Kier alpha value is -2.10. The number of unbranched alkanes of at least 4 members (excludes halogenated alkanes) is 35. The predicted molar refractivity (Wildman–Crippen MR) is 221 cm³/mol. The van der Waals surface area contributed by atoms with Gasteiger partial charge in [0.2, 0.25) is 11.8 Å². The molecule has 0 fully saturated rings. The van der Waals surface area contributed by atoms with E-state index in [0.717, 1.165) is 12.8 Å². The Bertz CT molecular complexity index is 760. The second-order valence-electron chi connectivity index (χ2n) is 15.0. The molecule has 0 radical (unpaired) electrons. The highest BCUT2D eigenvalue weighted by Crippen LogP contribution is 2.17. The molecule has 50 heavy (non-hydrogen) atoms. The zero-order chi connectivity index (χ0) is 36.3. The summed E-state index contributed by atoms with van der Waals surface area (Å²) in [5, 5.41) is 0. The van der Waals surface area contributed by atoms with Crippen LogP contribution in [0.1, 0.15) is 231 Å². The van der Waals surface area contributed by atoms with Crippen molar-refractivity contribution in [2.45, 2.75) is 231 Å². The molecule has 0 aliphatic carbocycles. The average molecular weight is 697 g/mol. The molecule has 0 aromatic carbocycles. The Labute approximate surface area is 311 Å². The number of amides is 2. The Morgan fingerprint density at radius 1 is 0.260 bits per heavy atom. The van der Waals surface area contributed by atoms with Crippen molar-refractivity contribution in [1.29, 1.82) is 0 Å². The zero-order valence-corrected chi connectivity index (χ0v) is 33.0. The highest BCUT2D eigenvalue weighted by molar-refractivity contribution is 5.86. The standard InChI is InChI=1S/C46H84N2O2/c47-45(49)43-41-39-37-35-33-31-29-27-25-23-21-19-17-15-13-11-9-7-5-3-1-2-4-6-8-10-12-14-16-18-20-22-24-26-28-30-32-34-36-38-40-42-44-46(48)50/h37-44H,1-36H2,(H2,47,49)(H2,48,50). The Morgan fingerprint density at radius 3 is 0.580 bits per heavy atom. The third-order valence-electron chi connectivity index (χ3n) is 10.0. The summed E-state index contributed by atoms with van der Waals surface area (Å²) in [7, 11) is 0. The molecule has 4 N–H and O–H groups in total. The maximum Gasteiger partial charge on any atom is 0.241 e. The van der Waals surface area contributed by atoms with Crippen LogP contribution in [-0.2, 0) is 9.59 Å². The van der Waals surface area contributed by atoms with Crippen molar-refractivity contribution in [3.63, 3.8) is 0 Å². The average Bonchev–Trinajstić information content (AvgIpc) is 3.10. The van der Waals surface area contributed by atoms with Crippen LogP contribution in [0.4, 0.5) is 0 Å². The van der Waals surface area contributed by atoms with Crippen molar-refractivity contribution < 1.29 is 9.59 Å². The van der Waals surface area contributed by atoms with Gasteiger partial charge < -0.3 is 11.5 Å². The van der Waals surface area contributed by atoms with Crippen molar-refractivity contribution in [2.75, 3.05) is 0 Å². The van der Waals surface area contributed by atoms with E-state index in [4.69, 9.17) is 11.5 Å². The molecule has 0 aromatic rings. The van der Waals surface area contributed by atoms with E-state index in [-0.39, 0.29) is 11.8 Å². The molecule has 0 rings (SSSR count). The highest BCUT2D eigenvalue weighted by Gasteiger charge is 1.98. The van der Waals surface area contributed by atoms with Gasteiger partial charge in [0.15, 0.2) is 0 Å². The van der Waals surface area contributed by atoms with Crippen LogP contribution in [-0.4, -0.2) is 11.8 Å². The Morgan fingerprint density at radius 2 is 0.420 bits per heavy atom. The first-order valence-corrected chi connectivity index (χ1v) is 21.9. The third kappa shape index (κ3) is 45.9. The topological polar surface area (TPSA) is 86.2 Å². The Balaban J connectivity index is 3.11. The quantitative estimate of drug-likeness (QED) is 0.0379. The first kappa shape index (κ1) is 47.9. The maximum absolute atomic E-state index is 10.6. The van der Waals surface area contributed by atoms with Crippen molar-refractivity contribution >= 4 is 11.8 Å². The van der Waals surface area contributed by atoms with Crippen LogP contribution in [0.25, 0.3) is 0 Å². The fraction of sp³-hybridized carbons (Fsp3) is 0.783. The summed E-state index contributed by atoms with van der Waals surface area (Å²) < 4.78 is 0. The third-order valence-corrected chi connectivity index (χ3v) is 10.0. The van der Waals surface area contributed by atoms with E-state index in [9.17, 15) is 9.59 Å². The van der Waals surface area contributed by atoms with Gasteiger partial charge in [-0.25, -0.2) is 0 Å². The van der Waals surface area contributed by atoms with Crippen molar-refractivity contribution in [3.05, 3.63) is 48.6 Å². The number of primary amides is 2. The summed E-state index contributed by atoms with van der Waals surface area (Å²) in [5.74, 6) is -0.765. The van der Waals surface area contributed by atoms with E-state index < -0.39 is 0 Å². The molecule has 4 heteroatoms. The minimum atomic E-state index is -0.383. The maximum atomic E-state index is 10.6. The SMILES string of the molecule is NC(=O)C=CC=CCCCCCCCCCCCCCCCCCCCCCCCCCCCCCCCCCCCCC=CC=CC(N)=O. The summed E-state index contributed by atoms with van der Waals surface area (Å²) in [4.78, 5) is 21.2. The van der Waals surface area contributed by atoms with Crippen molar-refractivity contribution in [3.8, 4) is 0 Å². The lowest BCUT2D eigenvalue weighted by Gasteiger charge is -2.05. The van der Waals surface area contributed by atoms with Crippen LogP contribution in [0.2, 0.25) is 0 Å². The van der Waals surface area contributed by atoms with Crippen LogP contribution in [0, 0.1) is 0 Å². The minimum absolute atomic E-state index is 0.383. The lowest BCUT2D eigenvalue weighted by atomic mass is 10.0. The molecule has 0 atom stereocenters. The van der Waals surface area contributed by atoms with E-state index in [0.29, 0.717) is 0 Å². The molecule has 290 valence electrons. The van der Waals surface area contributed by atoms with Gasteiger partial charge in [-0.05, 0) is 25.7 Å². The van der Waals surface area contributed by atoms with Crippen LogP contribution >= 0.6 is 0 Å². The summed E-state index contributed by atoms with van der Waals surface area (Å²) in [6, 6.07) is 0. The fourth-order valence-corrected chi connectivity index (χ4v) is 6.83. The number of rotatable bonds is 41. The van der Waals surface area contributed by atoms with Gasteiger partial charge in [-0.15, -0.1) is 0 Å². The summed E-state index contributed by atoms with van der Waals surface area (Å²) in [5.41, 5.74) is 10.1. The molecule has 0 aromatic heterocycles. The molecule has 0 aliphatic heterocycles. The first-order chi connectivity index (χ1) is 24.6. The first-order valence-electron chi connectivity index (χ1n) is 21.9. The number of hydrogen-bond donors (Lipinski definition) is 2. The molecule has 2 amide bonds. The van der Waals surface area contributed by atoms with Crippen molar-refractivity contribution in [2.24, 2.45) is 11.5 Å². The van der Waals surface area contributed by atoms with Crippen LogP contribution in [0.15, 0.2) is 48.6 Å². The highest BCUT2D eigenvalue weighted by atomic mass is 16.1. The second kappa shape index (κ2) is 43.1. The number of carbonyl (C=O) groups is 2. The van der Waals surface area contributed by atoms with Gasteiger partial charge in [0.05, 0.1) is 0 Å². The van der Waals surface area contributed by atoms with Crippen molar-refractivity contribution in [1.82, 2.24) is 0 Å². The molecule has 0 unspecified atom stereocenters. The van der Waals surface area contributed by atoms with E-state index in [1.54, 1.807) is 12.2 Å². The summed E-state index contributed by atoms with van der Waals surface area (Å²) in [6.45, 7) is 0. The van der Waals surface area contributed by atoms with Gasteiger partial charge in [0.25, 0.3) is 0 Å². The normalized spacial score (nSPS) is 12.1. The Kier molecular flexibility index (Phi) is 41.3. The van der Waals surface area contributed by atoms with E-state index >= 15 is 0 Å². The number of nitrogens with two attached hydrogens (primary N) is 2. The lowest BCUT2D eigenvalue weighted by Crippen LogP contribution is -2.04. The number of carbonyl (C=O) groups excluding carboxylic acids is 2. The van der Waals surface area contributed by atoms with Crippen LogP contribution in [0.3, 0.4) is 0 Å². The van der Waals surface area contributed by atoms with E-state index in [2.05, 4.69) is 12.2 Å². The molecule has 0 saturated carbocycles. The van der Waals surface area contributed by atoms with E-state index in [1.165, 1.54) is 230 Å². The monoisotopic (exact) mass is 697 g/mol. The number of allylic oxidation sites excluding steroid dienone is 6. The van der Waals surface area contributed by atoms with Gasteiger partial charge in [-0.2, -0.15) is 0 Å². The minimum Gasteiger partial charge on any atom is -0.366 e. The zero-order valence-electron chi connectivity index (χ0n) is 33.0. The molecular formula is C46H84N2O2. The fourth-order valence-electron chi connectivity index (χ4n) is 6.83. The second-order valence-corrected chi connectivity index (χ2v) is 15.0. The number of hydrogen-bond acceptors (Lipinski definition) is 2. The van der Waals surface area contributed by atoms with E-state index in [1.807, 2.05) is 12.2 Å². The van der Waals surface area contributed by atoms with Crippen LogP contribution < -0.4 is 11.5 Å². The molecule has 0 aliphatic rings. The smallest absolute Gasteiger partial charge is 0.241 e.